The summed E-state index contributed by atoms with van der Waals surface area (Å²) in [4.78, 5) is 8.39. The topological polar surface area (TPSA) is 75.2 Å². The molecule has 0 aliphatic heterocycles. The van der Waals surface area contributed by atoms with E-state index in [4.69, 9.17) is 11.6 Å². The smallest absolute Gasteiger partial charge is 0.252 e. The van der Waals surface area contributed by atoms with E-state index in [2.05, 4.69) is 15.3 Å². The number of hydrogen-bond donors (Lipinski definition) is 1. The van der Waals surface area contributed by atoms with E-state index in [1.807, 2.05) is 6.07 Å². The van der Waals surface area contributed by atoms with Crippen molar-refractivity contribution in [3.8, 4) is 0 Å². The number of sulfonamides is 1. The summed E-state index contributed by atoms with van der Waals surface area (Å²) in [6.45, 7) is 0.745. The van der Waals surface area contributed by atoms with Crippen LogP contribution in [0.2, 0.25) is 5.02 Å². The van der Waals surface area contributed by atoms with Crippen molar-refractivity contribution < 1.29 is 8.42 Å². The first-order valence-electron chi connectivity index (χ1n) is 7.12. The Morgan fingerprint density at radius 2 is 2.12 bits per heavy atom. The van der Waals surface area contributed by atoms with Crippen LogP contribution in [0.3, 0.4) is 0 Å². The minimum atomic E-state index is -3.44. The summed E-state index contributed by atoms with van der Waals surface area (Å²) in [5.41, 5.74) is 0.736. The predicted octanol–water partition coefficient (Wildman–Crippen LogP) is 3.08. The third-order valence-electron chi connectivity index (χ3n) is 3.48. The molecule has 0 bridgehead atoms. The van der Waals surface area contributed by atoms with Gasteiger partial charge in [0, 0.05) is 30.5 Å². The number of hydrogen-bond acceptors (Lipinski definition) is 6. The lowest BCUT2D eigenvalue weighted by Gasteiger charge is -2.16. The van der Waals surface area contributed by atoms with Gasteiger partial charge in [-0.3, -0.25) is 0 Å². The Bertz CT molecular complexity index is 945. The Hall–Kier alpha value is -1.74. The van der Waals surface area contributed by atoms with E-state index in [0.29, 0.717) is 28.1 Å². The lowest BCUT2D eigenvalue weighted by molar-refractivity contribution is 0.482. The molecular weight excluding hydrogens is 368 g/mol. The number of thiophene rings is 1. The summed E-state index contributed by atoms with van der Waals surface area (Å²) in [5.74, 6) is 0.651. The number of nitrogens with zero attached hydrogens (tertiary/aromatic N) is 3. The standard InChI is InChI=1S/C15H15ClN4O2S2/c1-20(24(21,22)14-3-2-8-23-14)7-6-17-15-12-5-4-11(16)9-13(12)18-10-19-15/h2-5,8-10H,6-7H2,1H3,(H,17,18,19). The average molecular weight is 383 g/mol. The summed E-state index contributed by atoms with van der Waals surface area (Å²) in [6.07, 6.45) is 1.45. The predicted molar refractivity (Wildman–Crippen MR) is 97.2 cm³/mol. The van der Waals surface area contributed by atoms with Gasteiger partial charge in [0.2, 0.25) is 0 Å². The maximum atomic E-state index is 12.4. The molecule has 126 valence electrons. The molecule has 0 atom stereocenters. The van der Waals surface area contributed by atoms with Crippen molar-refractivity contribution >= 4 is 49.7 Å². The van der Waals surface area contributed by atoms with Gasteiger partial charge in [0.25, 0.3) is 10.0 Å². The molecule has 6 nitrogen and oxygen atoms in total. The van der Waals surface area contributed by atoms with Gasteiger partial charge in [-0.05, 0) is 29.6 Å². The summed E-state index contributed by atoms with van der Waals surface area (Å²) in [7, 11) is -1.87. The average Bonchev–Trinajstić information content (AvgIpc) is 3.09. The summed E-state index contributed by atoms with van der Waals surface area (Å²) >= 11 is 7.17. The molecule has 0 fully saturated rings. The van der Waals surface area contributed by atoms with Crippen LogP contribution in [0.25, 0.3) is 10.9 Å². The Morgan fingerprint density at radius 1 is 1.29 bits per heavy atom. The Labute approximate surface area is 149 Å². The van der Waals surface area contributed by atoms with Gasteiger partial charge in [-0.2, -0.15) is 4.31 Å². The number of likely N-dealkylation sites (N-methyl/N-ethyl adjacent to an activating group) is 1. The third kappa shape index (κ3) is 3.51. The van der Waals surface area contributed by atoms with Crippen molar-refractivity contribution in [3.63, 3.8) is 0 Å². The summed E-state index contributed by atoms with van der Waals surface area (Å²) in [6, 6.07) is 8.70. The number of fused-ring (bicyclic) bond motifs is 1. The van der Waals surface area contributed by atoms with Gasteiger partial charge in [-0.15, -0.1) is 11.3 Å². The van der Waals surface area contributed by atoms with Gasteiger partial charge >= 0.3 is 0 Å². The quantitative estimate of drug-likeness (QED) is 0.709. The van der Waals surface area contributed by atoms with Crippen LogP contribution in [0.15, 0.2) is 46.2 Å². The van der Waals surface area contributed by atoms with E-state index in [-0.39, 0.29) is 0 Å². The number of rotatable bonds is 6. The Balaban J connectivity index is 1.69. The van der Waals surface area contributed by atoms with Crippen LogP contribution in [0.5, 0.6) is 0 Å². The first-order valence-corrected chi connectivity index (χ1v) is 9.82. The van der Waals surface area contributed by atoms with Crippen molar-refractivity contribution in [2.75, 3.05) is 25.5 Å². The summed E-state index contributed by atoms with van der Waals surface area (Å²) in [5, 5.41) is 6.35. The minimum absolute atomic E-state index is 0.319. The molecule has 0 unspecified atom stereocenters. The van der Waals surface area contributed by atoms with Crippen LogP contribution in [0.1, 0.15) is 0 Å². The van der Waals surface area contributed by atoms with E-state index in [9.17, 15) is 8.42 Å². The fraction of sp³-hybridized carbons (Fsp3) is 0.200. The second-order valence-corrected chi connectivity index (χ2v) is 8.73. The maximum absolute atomic E-state index is 12.4. The van der Waals surface area contributed by atoms with E-state index in [1.165, 1.54) is 22.0 Å². The van der Waals surface area contributed by atoms with Gasteiger partial charge in [-0.1, -0.05) is 17.7 Å². The van der Waals surface area contributed by atoms with E-state index >= 15 is 0 Å². The Kier molecular flexibility index (Phi) is 5.00. The van der Waals surface area contributed by atoms with E-state index in [1.54, 1.807) is 36.7 Å². The second-order valence-electron chi connectivity index (χ2n) is 5.07. The molecule has 0 radical (unpaired) electrons. The van der Waals surface area contributed by atoms with Crippen molar-refractivity contribution in [2.45, 2.75) is 4.21 Å². The first kappa shape index (κ1) is 17.1. The van der Waals surface area contributed by atoms with Crippen molar-refractivity contribution in [2.24, 2.45) is 0 Å². The fourth-order valence-electron chi connectivity index (χ4n) is 2.19. The largest absolute Gasteiger partial charge is 0.368 e. The van der Waals surface area contributed by atoms with Crippen LogP contribution in [0.4, 0.5) is 5.82 Å². The normalized spacial score (nSPS) is 12.0. The molecule has 0 aliphatic rings. The van der Waals surface area contributed by atoms with Crippen LogP contribution in [-0.2, 0) is 10.0 Å². The molecule has 2 heterocycles. The molecule has 0 saturated heterocycles. The molecule has 9 heteroatoms. The van der Waals surface area contributed by atoms with Crippen molar-refractivity contribution in [1.29, 1.82) is 0 Å². The Morgan fingerprint density at radius 3 is 2.88 bits per heavy atom. The molecule has 2 aromatic heterocycles. The molecule has 0 spiro atoms. The highest BCUT2D eigenvalue weighted by atomic mass is 35.5. The molecular formula is C15H15ClN4O2S2. The molecule has 24 heavy (non-hydrogen) atoms. The highest BCUT2D eigenvalue weighted by Crippen LogP contribution is 2.23. The zero-order valence-electron chi connectivity index (χ0n) is 12.8. The summed E-state index contributed by atoms with van der Waals surface area (Å²) < 4.78 is 26.4. The van der Waals surface area contributed by atoms with Gasteiger partial charge in [0.05, 0.1) is 5.52 Å². The van der Waals surface area contributed by atoms with Gasteiger partial charge in [0.1, 0.15) is 16.4 Å². The van der Waals surface area contributed by atoms with Crippen LogP contribution < -0.4 is 5.32 Å². The number of aromatic nitrogens is 2. The maximum Gasteiger partial charge on any atom is 0.252 e. The second kappa shape index (κ2) is 7.02. The molecule has 0 amide bonds. The highest BCUT2D eigenvalue weighted by Gasteiger charge is 2.21. The zero-order valence-corrected chi connectivity index (χ0v) is 15.2. The van der Waals surface area contributed by atoms with E-state index in [0.717, 1.165) is 10.9 Å². The number of benzene rings is 1. The number of anilines is 1. The van der Waals surface area contributed by atoms with Crippen LogP contribution >= 0.6 is 22.9 Å². The SMILES string of the molecule is CN(CCNc1ncnc2cc(Cl)ccc12)S(=O)(=O)c1cccs1. The third-order valence-corrected chi connectivity index (χ3v) is 6.94. The van der Waals surface area contributed by atoms with Gasteiger partial charge in [0.15, 0.2) is 0 Å². The molecule has 0 saturated carbocycles. The molecule has 1 N–H and O–H groups in total. The van der Waals surface area contributed by atoms with Gasteiger partial charge in [-0.25, -0.2) is 18.4 Å². The zero-order chi connectivity index (χ0) is 17.2. The molecule has 3 aromatic rings. The lowest BCUT2D eigenvalue weighted by Crippen LogP contribution is -2.31. The lowest BCUT2D eigenvalue weighted by atomic mass is 10.2. The molecule has 3 rings (SSSR count). The van der Waals surface area contributed by atoms with Gasteiger partial charge < -0.3 is 5.32 Å². The fourth-order valence-corrected chi connectivity index (χ4v) is 4.73. The van der Waals surface area contributed by atoms with Crippen LogP contribution in [-0.4, -0.2) is 42.8 Å². The van der Waals surface area contributed by atoms with Crippen LogP contribution in [0, 0.1) is 0 Å². The molecule has 1 aromatic carbocycles. The number of halogens is 1. The minimum Gasteiger partial charge on any atom is -0.368 e. The van der Waals surface area contributed by atoms with Crippen molar-refractivity contribution in [3.05, 3.63) is 47.1 Å². The molecule has 0 aliphatic carbocycles. The highest BCUT2D eigenvalue weighted by molar-refractivity contribution is 7.91. The van der Waals surface area contributed by atoms with Crippen molar-refractivity contribution in [1.82, 2.24) is 14.3 Å². The number of nitrogens with one attached hydrogen (secondary N) is 1. The van der Waals surface area contributed by atoms with E-state index < -0.39 is 10.0 Å². The first-order chi connectivity index (χ1) is 11.5. The monoisotopic (exact) mass is 382 g/mol.